The van der Waals surface area contributed by atoms with Gasteiger partial charge < -0.3 is 4.79 Å². The Morgan fingerprint density at radius 2 is 2.08 bits per heavy atom. The van der Waals surface area contributed by atoms with Crippen molar-refractivity contribution in [2.75, 3.05) is 0 Å². The second-order valence-electron chi connectivity index (χ2n) is 4.83. The number of carbonyl (C=O) groups excluding carboxylic acids is 1. The Balaban J connectivity index is 2.08. The van der Waals surface area contributed by atoms with Crippen LogP contribution >= 0.6 is 0 Å². The SMILES string of the molecule is CC1CCCC(C=O)(C2CC2)C1. The average Bonchev–Trinajstić information content (AvgIpc) is 2.86. The molecule has 0 N–H and O–H groups in total. The zero-order valence-electron chi connectivity index (χ0n) is 7.88. The van der Waals surface area contributed by atoms with Crippen LogP contribution in [0.4, 0.5) is 0 Å². The summed E-state index contributed by atoms with van der Waals surface area (Å²) in [5, 5.41) is 0. The molecule has 2 saturated carbocycles. The van der Waals surface area contributed by atoms with E-state index in [1.54, 1.807) is 0 Å². The largest absolute Gasteiger partial charge is 0.303 e. The van der Waals surface area contributed by atoms with E-state index in [4.69, 9.17) is 0 Å². The zero-order valence-corrected chi connectivity index (χ0v) is 7.88. The van der Waals surface area contributed by atoms with Crippen LogP contribution in [0.5, 0.6) is 0 Å². The topological polar surface area (TPSA) is 17.1 Å². The van der Waals surface area contributed by atoms with Crippen molar-refractivity contribution in [3.05, 3.63) is 0 Å². The lowest BCUT2D eigenvalue weighted by Crippen LogP contribution is -2.31. The maximum absolute atomic E-state index is 11.1. The van der Waals surface area contributed by atoms with Crippen LogP contribution in [-0.2, 0) is 4.79 Å². The minimum atomic E-state index is 0.123. The molecule has 2 aliphatic carbocycles. The normalized spacial score (nSPS) is 42.6. The van der Waals surface area contributed by atoms with Gasteiger partial charge in [-0.3, -0.25) is 0 Å². The third-order valence-corrected chi connectivity index (χ3v) is 3.69. The molecule has 2 aliphatic rings. The monoisotopic (exact) mass is 166 g/mol. The maximum atomic E-state index is 11.1. The first-order chi connectivity index (χ1) is 5.77. The van der Waals surface area contributed by atoms with Crippen LogP contribution in [0.2, 0.25) is 0 Å². The lowest BCUT2D eigenvalue weighted by molar-refractivity contribution is -0.120. The molecule has 0 bridgehead atoms. The second kappa shape index (κ2) is 2.86. The predicted molar refractivity (Wildman–Crippen MR) is 48.9 cm³/mol. The van der Waals surface area contributed by atoms with Gasteiger partial charge in [-0.05, 0) is 37.5 Å². The number of carbonyl (C=O) groups is 1. The van der Waals surface area contributed by atoms with Crippen LogP contribution < -0.4 is 0 Å². The van der Waals surface area contributed by atoms with Gasteiger partial charge in [0.1, 0.15) is 6.29 Å². The Morgan fingerprint density at radius 3 is 2.58 bits per heavy atom. The fraction of sp³-hybridized carbons (Fsp3) is 0.909. The van der Waals surface area contributed by atoms with E-state index in [9.17, 15) is 4.79 Å². The molecule has 1 nitrogen and oxygen atoms in total. The predicted octanol–water partition coefficient (Wildman–Crippen LogP) is 2.79. The summed E-state index contributed by atoms with van der Waals surface area (Å²) in [5.41, 5.74) is 0.123. The van der Waals surface area contributed by atoms with Gasteiger partial charge in [-0.25, -0.2) is 0 Å². The maximum Gasteiger partial charge on any atom is 0.126 e. The van der Waals surface area contributed by atoms with Gasteiger partial charge in [0.25, 0.3) is 0 Å². The highest BCUT2D eigenvalue weighted by molar-refractivity contribution is 5.61. The highest BCUT2D eigenvalue weighted by Crippen LogP contribution is 2.53. The molecule has 2 unspecified atom stereocenters. The van der Waals surface area contributed by atoms with Crippen molar-refractivity contribution in [1.29, 1.82) is 0 Å². The van der Waals surface area contributed by atoms with Crippen molar-refractivity contribution in [2.45, 2.75) is 45.4 Å². The van der Waals surface area contributed by atoms with E-state index in [1.165, 1.54) is 44.8 Å². The minimum Gasteiger partial charge on any atom is -0.303 e. The summed E-state index contributed by atoms with van der Waals surface area (Å²) in [4.78, 5) is 11.1. The molecule has 0 amide bonds. The lowest BCUT2D eigenvalue weighted by Gasteiger charge is -2.35. The summed E-state index contributed by atoms with van der Waals surface area (Å²) >= 11 is 0. The first-order valence-electron chi connectivity index (χ1n) is 5.23. The summed E-state index contributed by atoms with van der Waals surface area (Å²) in [7, 11) is 0. The second-order valence-corrected chi connectivity index (χ2v) is 4.83. The van der Waals surface area contributed by atoms with Gasteiger partial charge >= 0.3 is 0 Å². The number of hydrogen-bond donors (Lipinski definition) is 0. The van der Waals surface area contributed by atoms with E-state index in [0.29, 0.717) is 0 Å². The van der Waals surface area contributed by atoms with Gasteiger partial charge in [-0.1, -0.05) is 19.8 Å². The fourth-order valence-electron chi connectivity index (χ4n) is 2.86. The summed E-state index contributed by atoms with van der Waals surface area (Å²) in [6.45, 7) is 2.29. The molecule has 2 atom stereocenters. The zero-order chi connectivity index (χ0) is 8.60. The van der Waals surface area contributed by atoms with Gasteiger partial charge in [0.05, 0.1) is 0 Å². The summed E-state index contributed by atoms with van der Waals surface area (Å²) < 4.78 is 0. The van der Waals surface area contributed by atoms with Crippen molar-refractivity contribution in [1.82, 2.24) is 0 Å². The van der Waals surface area contributed by atoms with Gasteiger partial charge in [-0.2, -0.15) is 0 Å². The van der Waals surface area contributed by atoms with Crippen molar-refractivity contribution in [3.8, 4) is 0 Å². The first-order valence-corrected chi connectivity index (χ1v) is 5.23. The molecule has 0 aliphatic heterocycles. The third kappa shape index (κ3) is 1.30. The third-order valence-electron chi connectivity index (χ3n) is 3.69. The molecule has 2 fully saturated rings. The first kappa shape index (κ1) is 8.28. The molecule has 0 aromatic heterocycles. The van der Waals surface area contributed by atoms with Gasteiger partial charge in [-0.15, -0.1) is 0 Å². The average molecular weight is 166 g/mol. The highest BCUT2D eigenvalue weighted by Gasteiger charge is 2.46. The smallest absolute Gasteiger partial charge is 0.126 e. The minimum absolute atomic E-state index is 0.123. The highest BCUT2D eigenvalue weighted by atomic mass is 16.1. The van der Waals surface area contributed by atoms with Crippen LogP contribution in [0.25, 0.3) is 0 Å². The quantitative estimate of drug-likeness (QED) is 0.576. The molecule has 2 rings (SSSR count). The van der Waals surface area contributed by atoms with Crippen LogP contribution in [0, 0.1) is 17.3 Å². The standard InChI is InChI=1S/C11H18O/c1-9-3-2-6-11(7-9,8-12)10-4-5-10/h8-10H,2-7H2,1H3. The van der Waals surface area contributed by atoms with E-state index in [-0.39, 0.29) is 5.41 Å². The molecular formula is C11H18O. The fourth-order valence-corrected chi connectivity index (χ4v) is 2.86. The molecule has 0 heterocycles. The molecular weight excluding hydrogens is 148 g/mol. The molecule has 12 heavy (non-hydrogen) atoms. The Morgan fingerprint density at radius 1 is 1.33 bits per heavy atom. The van der Waals surface area contributed by atoms with Crippen LogP contribution in [0.15, 0.2) is 0 Å². The van der Waals surface area contributed by atoms with Crippen LogP contribution in [-0.4, -0.2) is 6.29 Å². The Hall–Kier alpha value is -0.330. The molecule has 68 valence electrons. The molecule has 0 saturated heterocycles. The summed E-state index contributed by atoms with van der Waals surface area (Å²) in [5.74, 6) is 1.54. The molecule has 0 aromatic carbocycles. The molecule has 1 heteroatoms. The van der Waals surface area contributed by atoms with Crippen molar-refractivity contribution in [3.63, 3.8) is 0 Å². The van der Waals surface area contributed by atoms with Crippen molar-refractivity contribution < 1.29 is 4.79 Å². The molecule has 0 spiro atoms. The van der Waals surface area contributed by atoms with E-state index < -0.39 is 0 Å². The summed E-state index contributed by atoms with van der Waals surface area (Å²) in [6, 6.07) is 0. The van der Waals surface area contributed by atoms with Crippen molar-refractivity contribution >= 4 is 6.29 Å². The van der Waals surface area contributed by atoms with E-state index in [1.807, 2.05) is 0 Å². The Bertz CT molecular complexity index is 183. The van der Waals surface area contributed by atoms with Crippen molar-refractivity contribution in [2.24, 2.45) is 17.3 Å². The van der Waals surface area contributed by atoms with Crippen LogP contribution in [0.1, 0.15) is 45.4 Å². The molecule has 0 radical (unpaired) electrons. The van der Waals surface area contributed by atoms with Crippen LogP contribution in [0.3, 0.4) is 0 Å². The number of hydrogen-bond acceptors (Lipinski definition) is 1. The number of aldehydes is 1. The Kier molecular flexibility index (Phi) is 1.97. The van der Waals surface area contributed by atoms with Gasteiger partial charge in [0.15, 0.2) is 0 Å². The lowest BCUT2D eigenvalue weighted by atomic mass is 9.68. The van der Waals surface area contributed by atoms with Gasteiger partial charge in [0.2, 0.25) is 0 Å². The summed E-state index contributed by atoms with van der Waals surface area (Å²) in [6.07, 6.45) is 8.85. The van der Waals surface area contributed by atoms with E-state index >= 15 is 0 Å². The van der Waals surface area contributed by atoms with E-state index in [0.717, 1.165) is 11.8 Å². The van der Waals surface area contributed by atoms with Gasteiger partial charge in [0, 0.05) is 5.41 Å². The van der Waals surface area contributed by atoms with E-state index in [2.05, 4.69) is 6.92 Å². The molecule has 0 aromatic rings. The Labute approximate surface area is 74.5 Å². The number of rotatable bonds is 2.